The molecule has 2 heterocycles. The van der Waals surface area contributed by atoms with E-state index in [-0.39, 0.29) is 12.5 Å². The Morgan fingerprint density at radius 2 is 1.78 bits per heavy atom. The Bertz CT molecular complexity index is 1270. The first-order valence-corrected chi connectivity index (χ1v) is 12.9. The van der Waals surface area contributed by atoms with E-state index in [2.05, 4.69) is 21.2 Å². The molecule has 36 heavy (non-hydrogen) atoms. The van der Waals surface area contributed by atoms with Crippen LogP contribution in [0, 0.1) is 0 Å². The van der Waals surface area contributed by atoms with Gasteiger partial charge in [-0.2, -0.15) is 0 Å². The number of hydrogen-bond donors (Lipinski definition) is 1. The van der Waals surface area contributed by atoms with Crippen LogP contribution in [0.15, 0.2) is 69.2 Å². The zero-order valence-corrected chi connectivity index (χ0v) is 22.5. The van der Waals surface area contributed by atoms with Crippen LogP contribution >= 0.6 is 28.1 Å². The second kappa shape index (κ2) is 12.1. The maximum absolute atomic E-state index is 13.0. The van der Waals surface area contributed by atoms with Crippen LogP contribution in [-0.2, 0) is 17.8 Å². The highest BCUT2D eigenvalue weighted by atomic mass is 79.9. The van der Waals surface area contributed by atoms with Gasteiger partial charge >= 0.3 is 0 Å². The molecule has 4 rings (SSSR count). The van der Waals surface area contributed by atoms with E-state index in [0.717, 1.165) is 15.8 Å². The molecule has 0 spiro atoms. The van der Waals surface area contributed by atoms with Crippen molar-refractivity contribution in [2.45, 2.75) is 26.9 Å². The van der Waals surface area contributed by atoms with Crippen LogP contribution in [0.3, 0.4) is 0 Å². The maximum atomic E-state index is 13.0. The molecule has 1 saturated heterocycles. The van der Waals surface area contributed by atoms with Gasteiger partial charge in [0.15, 0.2) is 16.6 Å². The zero-order chi connectivity index (χ0) is 25.5. The van der Waals surface area contributed by atoms with Gasteiger partial charge in [-0.1, -0.05) is 18.2 Å². The van der Waals surface area contributed by atoms with Gasteiger partial charge in [-0.3, -0.25) is 9.69 Å². The minimum absolute atomic E-state index is 0.196. The van der Waals surface area contributed by atoms with Crippen LogP contribution in [0.25, 0.3) is 6.08 Å². The monoisotopic (exact) mass is 570 g/mol. The Morgan fingerprint density at radius 3 is 2.56 bits per heavy atom. The number of nitrogens with zero attached hydrogens (tertiary/aromatic N) is 1. The Labute approximate surface area is 224 Å². The molecule has 3 aromatic rings. The number of para-hydroxylation sites is 1. The lowest BCUT2D eigenvalue weighted by molar-refractivity contribution is -0.122. The predicted octanol–water partition coefficient (Wildman–Crippen LogP) is 5.72. The number of ether oxygens (including phenoxy) is 3. The summed E-state index contributed by atoms with van der Waals surface area (Å²) in [5.74, 6) is 3.12. The van der Waals surface area contributed by atoms with E-state index in [1.807, 2.05) is 62.4 Å². The minimum atomic E-state index is -0.196. The summed E-state index contributed by atoms with van der Waals surface area (Å²) in [4.78, 5) is 14.6. The second-order valence-corrected chi connectivity index (χ2v) is 9.11. The minimum Gasteiger partial charge on any atom is -0.490 e. The SMILES string of the molecule is CCOc1ccc(CCN2C(=O)/C(=C\c3ccc(COc4ccccc4Br)o3)NC2=S)cc1OCC. The lowest BCUT2D eigenvalue weighted by atomic mass is 10.1. The van der Waals surface area contributed by atoms with E-state index in [1.165, 1.54) is 0 Å². The van der Waals surface area contributed by atoms with Crippen LogP contribution in [0.1, 0.15) is 30.9 Å². The quantitative estimate of drug-likeness (QED) is 0.233. The molecule has 188 valence electrons. The molecule has 1 aliphatic heterocycles. The van der Waals surface area contributed by atoms with Crippen molar-refractivity contribution in [2.75, 3.05) is 19.8 Å². The van der Waals surface area contributed by atoms with E-state index in [4.69, 9.17) is 30.8 Å². The third-order valence-corrected chi connectivity index (χ3v) is 6.35. The molecular weight excluding hydrogens is 544 g/mol. The van der Waals surface area contributed by atoms with Gasteiger partial charge in [-0.05, 0) is 90.4 Å². The van der Waals surface area contributed by atoms with E-state index < -0.39 is 0 Å². The Hall–Kier alpha value is -3.30. The fraction of sp³-hybridized carbons (Fsp3) is 0.259. The fourth-order valence-corrected chi connectivity index (χ4v) is 4.35. The number of benzene rings is 2. The highest BCUT2D eigenvalue weighted by Gasteiger charge is 2.30. The molecule has 1 fully saturated rings. The van der Waals surface area contributed by atoms with Crippen LogP contribution in [0.5, 0.6) is 17.2 Å². The van der Waals surface area contributed by atoms with Crippen molar-refractivity contribution < 1.29 is 23.4 Å². The van der Waals surface area contributed by atoms with Crippen molar-refractivity contribution in [1.82, 2.24) is 10.2 Å². The number of halogens is 1. The predicted molar refractivity (Wildman–Crippen MR) is 145 cm³/mol. The van der Waals surface area contributed by atoms with Gasteiger partial charge in [0.1, 0.15) is 29.6 Å². The summed E-state index contributed by atoms with van der Waals surface area (Å²) >= 11 is 8.87. The number of furan rings is 1. The second-order valence-electron chi connectivity index (χ2n) is 7.87. The zero-order valence-electron chi connectivity index (χ0n) is 20.1. The van der Waals surface area contributed by atoms with Crippen molar-refractivity contribution in [3.63, 3.8) is 0 Å². The lowest BCUT2D eigenvalue weighted by Gasteiger charge is -2.15. The molecule has 1 N–H and O–H groups in total. The van der Waals surface area contributed by atoms with Crippen molar-refractivity contribution >= 4 is 45.2 Å². The average Bonchev–Trinajstić information content (AvgIpc) is 3.42. The van der Waals surface area contributed by atoms with E-state index in [1.54, 1.807) is 17.0 Å². The fourth-order valence-electron chi connectivity index (χ4n) is 3.67. The highest BCUT2D eigenvalue weighted by molar-refractivity contribution is 9.10. The van der Waals surface area contributed by atoms with Crippen LogP contribution < -0.4 is 19.5 Å². The Morgan fingerprint density at radius 1 is 1.00 bits per heavy atom. The molecule has 1 aliphatic rings. The highest BCUT2D eigenvalue weighted by Crippen LogP contribution is 2.29. The number of carbonyl (C=O) groups is 1. The molecule has 9 heteroatoms. The van der Waals surface area contributed by atoms with Crippen molar-refractivity contribution in [2.24, 2.45) is 0 Å². The van der Waals surface area contributed by atoms with Gasteiger partial charge in [-0.15, -0.1) is 0 Å². The van der Waals surface area contributed by atoms with Crippen LogP contribution in [-0.4, -0.2) is 35.7 Å². The summed E-state index contributed by atoms with van der Waals surface area (Å²) in [5.41, 5.74) is 1.39. The van der Waals surface area contributed by atoms with Crippen molar-refractivity contribution in [3.8, 4) is 17.2 Å². The van der Waals surface area contributed by atoms with Gasteiger partial charge < -0.3 is 23.9 Å². The summed E-state index contributed by atoms with van der Waals surface area (Å²) in [6, 6.07) is 17.0. The average molecular weight is 571 g/mol. The van der Waals surface area contributed by atoms with E-state index in [9.17, 15) is 4.79 Å². The first-order chi connectivity index (χ1) is 17.5. The molecule has 0 radical (unpaired) electrons. The van der Waals surface area contributed by atoms with Crippen LogP contribution in [0.2, 0.25) is 0 Å². The third kappa shape index (κ3) is 6.27. The Balaban J connectivity index is 1.37. The summed E-state index contributed by atoms with van der Waals surface area (Å²) in [5, 5.41) is 3.36. The van der Waals surface area contributed by atoms with Crippen molar-refractivity contribution in [3.05, 3.63) is 81.9 Å². The smallest absolute Gasteiger partial charge is 0.276 e. The normalized spacial score (nSPS) is 14.3. The molecule has 0 saturated carbocycles. The first-order valence-electron chi connectivity index (χ1n) is 11.7. The first kappa shape index (κ1) is 25.8. The largest absolute Gasteiger partial charge is 0.490 e. The standard InChI is InChI=1S/C27H27BrN2O5S/c1-3-32-24-12-9-18(15-25(24)33-4-2)13-14-30-26(31)22(29-27(30)36)16-19-10-11-20(35-19)17-34-23-8-6-5-7-21(23)28/h5-12,15-16H,3-4,13-14,17H2,1-2H3,(H,29,36)/b22-16+. The molecule has 0 unspecified atom stereocenters. The number of amides is 1. The molecule has 0 aliphatic carbocycles. The number of nitrogens with one attached hydrogen (secondary N) is 1. The number of thiocarbonyl (C=S) groups is 1. The van der Waals surface area contributed by atoms with Gasteiger partial charge in [0.2, 0.25) is 0 Å². The molecule has 7 nitrogen and oxygen atoms in total. The van der Waals surface area contributed by atoms with Gasteiger partial charge in [0.25, 0.3) is 5.91 Å². The van der Waals surface area contributed by atoms with Gasteiger partial charge in [-0.25, -0.2) is 0 Å². The number of hydrogen-bond acceptors (Lipinski definition) is 6. The summed E-state index contributed by atoms with van der Waals surface area (Å²) in [6.07, 6.45) is 2.27. The van der Waals surface area contributed by atoms with E-state index in [0.29, 0.717) is 60.0 Å². The molecule has 2 aromatic carbocycles. The van der Waals surface area contributed by atoms with Crippen molar-refractivity contribution in [1.29, 1.82) is 0 Å². The van der Waals surface area contributed by atoms with Crippen LogP contribution in [0.4, 0.5) is 0 Å². The molecule has 0 atom stereocenters. The molecular formula is C27H27BrN2O5S. The number of rotatable bonds is 11. The van der Waals surface area contributed by atoms with Gasteiger partial charge in [0.05, 0.1) is 17.7 Å². The lowest BCUT2D eigenvalue weighted by Crippen LogP contribution is -2.32. The molecule has 1 amide bonds. The van der Waals surface area contributed by atoms with Gasteiger partial charge in [0, 0.05) is 12.6 Å². The topological polar surface area (TPSA) is 73.2 Å². The van der Waals surface area contributed by atoms with E-state index >= 15 is 0 Å². The Kier molecular flexibility index (Phi) is 8.66. The molecule has 1 aromatic heterocycles. The number of carbonyl (C=O) groups excluding carboxylic acids is 1. The summed E-state index contributed by atoms with van der Waals surface area (Å²) in [6.45, 7) is 5.67. The summed E-state index contributed by atoms with van der Waals surface area (Å²) < 4.78 is 23.8. The summed E-state index contributed by atoms with van der Waals surface area (Å²) in [7, 11) is 0. The third-order valence-electron chi connectivity index (χ3n) is 5.37. The molecule has 0 bridgehead atoms. The maximum Gasteiger partial charge on any atom is 0.276 e.